The highest BCUT2D eigenvalue weighted by molar-refractivity contribution is 14.1. The van der Waals surface area contributed by atoms with Gasteiger partial charge in [-0.1, -0.05) is 22.6 Å². The lowest BCUT2D eigenvalue weighted by Crippen LogP contribution is -2.26. The lowest BCUT2D eigenvalue weighted by molar-refractivity contribution is 0.0780. The van der Waals surface area contributed by atoms with Gasteiger partial charge in [0.15, 0.2) is 11.5 Å². The van der Waals surface area contributed by atoms with Crippen LogP contribution in [0.1, 0.15) is 44.4 Å². The summed E-state index contributed by atoms with van der Waals surface area (Å²) < 4.78 is 1.42. The minimum absolute atomic E-state index is 0.0522. The normalized spacial score (nSPS) is 19.1. The fourth-order valence-corrected chi connectivity index (χ4v) is 3.28. The van der Waals surface area contributed by atoms with Crippen molar-refractivity contribution in [3.8, 4) is 0 Å². The van der Waals surface area contributed by atoms with Crippen LogP contribution in [0.3, 0.4) is 0 Å². The summed E-state index contributed by atoms with van der Waals surface area (Å²) in [5, 5.41) is 4.14. The van der Waals surface area contributed by atoms with Crippen LogP contribution in [0, 0.1) is 0 Å². The van der Waals surface area contributed by atoms with Crippen LogP contribution in [0.4, 0.5) is 0 Å². The molecule has 6 heteroatoms. The molecule has 16 heavy (non-hydrogen) atoms. The molecule has 0 N–H and O–H groups in total. The van der Waals surface area contributed by atoms with Crippen molar-refractivity contribution in [3.63, 3.8) is 0 Å². The molecule has 0 aliphatic carbocycles. The average molecular weight is 333 g/mol. The predicted octanol–water partition coefficient (Wildman–Crippen LogP) is 1.53. The summed E-state index contributed by atoms with van der Waals surface area (Å²) in [6.07, 6.45) is 0. The van der Waals surface area contributed by atoms with Gasteiger partial charge >= 0.3 is 0 Å². The number of Topliss-reactive ketones (excluding diaryl/α,β-unsaturated/α-hetero) is 1. The molecule has 2 rings (SSSR count). The van der Waals surface area contributed by atoms with Gasteiger partial charge in [0.2, 0.25) is 0 Å². The van der Waals surface area contributed by atoms with Gasteiger partial charge in [-0.15, -0.1) is 0 Å². The molecule has 1 atom stereocenters. The molecule has 1 amide bonds. The molecule has 0 radical (unpaired) electrons. The summed E-state index contributed by atoms with van der Waals surface area (Å²) in [6, 6.07) is 0. The van der Waals surface area contributed by atoms with Gasteiger partial charge in [0.25, 0.3) is 5.91 Å². The van der Waals surface area contributed by atoms with Gasteiger partial charge in [-0.3, -0.25) is 14.3 Å². The number of aryl methyl sites for hydroxylation is 1. The molecule has 0 saturated carbocycles. The highest BCUT2D eigenvalue weighted by atomic mass is 127. The maximum absolute atomic E-state index is 12.0. The van der Waals surface area contributed by atoms with Crippen molar-refractivity contribution >= 4 is 34.3 Å². The molecule has 1 aromatic rings. The zero-order valence-electron chi connectivity index (χ0n) is 9.32. The van der Waals surface area contributed by atoms with E-state index in [2.05, 4.69) is 27.7 Å². The smallest absolute Gasteiger partial charge is 0.275 e. The summed E-state index contributed by atoms with van der Waals surface area (Å²) in [7, 11) is 1.70. The van der Waals surface area contributed by atoms with Gasteiger partial charge in [0.1, 0.15) is 9.74 Å². The summed E-state index contributed by atoms with van der Waals surface area (Å²) in [5.41, 5.74) is 1.73. The molecule has 2 heterocycles. The second-order valence-corrected chi connectivity index (χ2v) is 4.90. The molecule has 1 aromatic heterocycles. The van der Waals surface area contributed by atoms with Gasteiger partial charge in [-0.2, -0.15) is 5.10 Å². The minimum Gasteiger partial charge on any atom is -0.321 e. The molecular formula is C10H12IN3O2. The van der Waals surface area contributed by atoms with E-state index in [9.17, 15) is 9.59 Å². The number of hydrogen-bond acceptors (Lipinski definition) is 3. The quantitative estimate of drug-likeness (QED) is 0.357. The molecule has 0 aromatic carbocycles. The largest absolute Gasteiger partial charge is 0.321 e. The Bertz CT molecular complexity index is 481. The number of fused-ring (bicyclic) bond motifs is 1. The van der Waals surface area contributed by atoms with Crippen molar-refractivity contribution in [1.29, 1.82) is 0 Å². The third-order valence-corrected chi connectivity index (χ3v) is 4.03. The first-order chi connectivity index (χ1) is 7.49. The van der Waals surface area contributed by atoms with E-state index in [0.717, 1.165) is 5.56 Å². The Hall–Kier alpha value is -0.920. The second-order valence-electron chi connectivity index (χ2n) is 3.72. The van der Waals surface area contributed by atoms with Crippen LogP contribution in [-0.4, -0.2) is 32.9 Å². The molecule has 86 valence electrons. The number of amides is 1. The Balaban J connectivity index is 2.62. The van der Waals surface area contributed by atoms with E-state index in [1.807, 2.05) is 6.92 Å². The number of ketones is 1. The third kappa shape index (κ3) is 1.39. The number of nitrogens with zero attached hydrogens (tertiary/aromatic N) is 3. The first kappa shape index (κ1) is 11.6. The number of aromatic nitrogens is 2. The van der Waals surface area contributed by atoms with Crippen LogP contribution in [0.15, 0.2) is 0 Å². The molecule has 0 fully saturated rings. The number of carbonyl (C=O) groups excluding carboxylic acids is 2. The van der Waals surface area contributed by atoms with E-state index < -0.39 is 0 Å². The van der Waals surface area contributed by atoms with Crippen molar-refractivity contribution in [2.45, 2.75) is 17.9 Å². The first-order valence-electron chi connectivity index (χ1n) is 5.01. The van der Waals surface area contributed by atoms with E-state index in [0.29, 0.717) is 17.9 Å². The van der Waals surface area contributed by atoms with Gasteiger partial charge in [0, 0.05) is 26.1 Å². The average Bonchev–Trinajstić information content (AvgIpc) is 2.65. The van der Waals surface area contributed by atoms with Crippen LogP contribution >= 0.6 is 22.6 Å². The lowest BCUT2D eigenvalue weighted by Gasteiger charge is -2.19. The third-order valence-electron chi connectivity index (χ3n) is 2.73. The van der Waals surface area contributed by atoms with Gasteiger partial charge in [-0.05, 0) is 6.92 Å². The van der Waals surface area contributed by atoms with Gasteiger partial charge in [0.05, 0.1) is 0 Å². The lowest BCUT2D eigenvalue weighted by atomic mass is 10.1. The summed E-state index contributed by atoms with van der Waals surface area (Å²) in [4.78, 5) is 25.2. The minimum atomic E-state index is -0.0855. The number of alkyl halides is 1. The second kappa shape index (κ2) is 3.83. The fourth-order valence-electron chi connectivity index (χ4n) is 2.04. The monoisotopic (exact) mass is 333 g/mol. The standard InChI is InChI=1S/C10H12IN3O2/c1-4-14-9(11)6-7(10(14)16)12-13(3)8(6)5(2)15/h9H,4H2,1-3H3. The Kier molecular flexibility index (Phi) is 2.77. The molecule has 1 aliphatic heterocycles. The Labute approximate surface area is 107 Å². The van der Waals surface area contributed by atoms with Crippen molar-refractivity contribution in [3.05, 3.63) is 17.0 Å². The van der Waals surface area contributed by atoms with Crippen molar-refractivity contribution in [2.75, 3.05) is 6.54 Å². The SMILES string of the molecule is CCN1C(=O)c2nn(C)c(C(C)=O)c2C1I. The topological polar surface area (TPSA) is 55.2 Å². The fraction of sp³-hybridized carbons (Fsp3) is 0.500. The van der Waals surface area contributed by atoms with Crippen LogP contribution in [0.2, 0.25) is 0 Å². The van der Waals surface area contributed by atoms with Crippen LogP contribution in [0.25, 0.3) is 0 Å². The maximum Gasteiger partial charge on any atom is 0.275 e. The number of carbonyl (C=O) groups is 2. The Morgan fingerprint density at radius 3 is 2.69 bits per heavy atom. The zero-order valence-corrected chi connectivity index (χ0v) is 11.5. The highest BCUT2D eigenvalue weighted by Gasteiger charge is 2.40. The maximum atomic E-state index is 12.0. The molecule has 0 saturated heterocycles. The van der Waals surface area contributed by atoms with Gasteiger partial charge < -0.3 is 4.90 Å². The molecule has 1 unspecified atom stereocenters. The zero-order chi connectivity index (χ0) is 12.0. The van der Waals surface area contributed by atoms with E-state index in [4.69, 9.17) is 0 Å². The highest BCUT2D eigenvalue weighted by Crippen LogP contribution is 2.39. The molecule has 0 bridgehead atoms. The number of hydrogen-bond donors (Lipinski definition) is 0. The predicted molar refractivity (Wildman–Crippen MR) is 66.7 cm³/mol. The Morgan fingerprint density at radius 1 is 1.56 bits per heavy atom. The summed E-state index contributed by atoms with van der Waals surface area (Å²) >= 11 is 2.17. The van der Waals surface area contributed by atoms with Gasteiger partial charge in [-0.25, -0.2) is 0 Å². The first-order valence-corrected chi connectivity index (χ1v) is 6.26. The van der Waals surface area contributed by atoms with Crippen molar-refractivity contribution in [1.82, 2.24) is 14.7 Å². The van der Waals surface area contributed by atoms with Crippen LogP contribution in [0.5, 0.6) is 0 Å². The molecular weight excluding hydrogens is 321 g/mol. The van der Waals surface area contributed by atoms with E-state index in [1.54, 1.807) is 11.9 Å². The number of rotatable bonds is 2. The van der Waals surface area contributed by atoms with Crippen LogP contribution < -0.4 is 0 Å². The number of halogens is 1. The summed E-state index contributed by atoms with van der Waals surface area (Å²) in [5.74, 6) is -0.135. The summed E-state index contributed by atoms with van der Waals surface area (Å²) in [6.45, 7) is 4.05. The van der Waals surface area contributed by atoms with Crippen LogP contribution in [-0.2, 0) is 7.05 Å². The molecule has 5 nitrogen and oxygen atoms in total. The van der Waals surface area contributed by atoms with Crippen molar-refractivity contribution in [2.24, 2.45) is 7.05 Å². The molecule has 0 spiro atoms. The van der Waals surface area contributed by atoms with E-state index in [1.165, 1.54) is 11.6 Å². The van der Waals surface area contributed by atoms with E-state index >= 15 is 0 Å². The van der Waals surface area contributed by atoms with Crippen molar-refractivity contribution < 1.29 is 9.59 Å². The van der Waals surface area contributed by atoms with E-state index in [-0.39, 0.29) is 15.7 Å². The Morgan fingerprint density at radius 2 is 2.19 bits per heavy atom. The molecule has 1 aliphatic rings.